The number of carbonyl (C=O) groups is 1. The van der Waals surface area contributed by atoms with E-state index in [4.69, 9.17) is 0 Å². The van der Waals surface area contributed by atoms with Crippen LogP contribution in [0.3, 0.4) is 0 Å². The third-order valence-corrected chi connectivity index (χ3v) is 4.19. The van der Waals surface area contributed by atoms with Crippen LogP contribution in [0.15, 0.2) is 4.99 Å². The molecule has 5 nitrogen and oxygen atoms in total. The van der Waals surface area contributed by atoms with Gasteiger partial charge in [0.05, 0.1) is 0 Å². The number of rotatable bonds is 5. The third-order valence-electron chi connectivity index (χ3n) is 3.47. The van der Waals surface area contributed by atoms with Crippen LogP contribution in [0.4, 0.5) is 4.79 Å². The van der Waals surface area contributed by atoms with Gasteiger partial charge in [-0.1, -0.05) is 0 Å². The molecule has 0 bridgehead atoms. The van der Waals surface area contributed by atoms with Crippen molar-refractivity contribution in [3.8, 4) is 0 Å². The van der Waals surface area contributed by atoms with Gasteiger partial charge < -0.3 is 0 Å². The van der Waals surface area contributed by atoms with Crippen molar-refractivity contribution in [2.75, 3.05) is 19.6 Å². The molecule has 0 spiro atoms. The fourth-order valence-electron chi connectivity index (χ4n) is 2.74. The van der Waals surface area contributed by atoms with E-state index >= 15 is 0 Å². The molecule has 1 saturated heterocycles. The average molecular weight is 316 g/mol. The van der Waals surface area contributed by atoms with Gasteiger partial charge >= 0.3 is 117 Å². The van der Waals surface area contributed by atoms with Crippen LogP contribution in [0, 0.1) is 0 Å². The molecule has 0 aliphatic carbocycles. The molecule has 0 aromatic heterocycles. The summed E-state index contributed by atoms with van der Waals surface area (Å²) in [6.45, 7) is 8.77. The van der Waals surface area contributed by atoms with Crippen LogP contribution < -0.4 is 0 Å². The molecule has 1 radical (unpaired) electrons. The van der Waals surface area contributed by atoms with Gasteiger partial charge in [-0.2, -0.15) is 0 Å². The van der Waals surface area contributed by atoms with E-state index in [0.717, 1.165) is 37.2 Å². The second-order valence-corrected chi connectivity index (χ2v) is 5.46. The van der Waals surface area contributed by atoms with Crippen molar-refractivity contribution in [2.45, 2.75) is 45.9 Å². The number of hydrogen-bond donors (Lipinski definition) is 0. The Kier molecular flexibility index (Phi) is 4.17. The Morgan fingerprint density at radius 3 is 2.28 bits per heavy atom. The minimum atomic E-state index is -0.0276. The molecule has 2 rings (SSSR count). The van der Waals surface area contributed by atoms with E-state index < -0.39 is 0 Å². The number of hydrogen-bond acceptors (Lipinski definition) is 3. The van der Waals surface area contributed by atoms with Crippen molar-refractivity contribution in [3.63, 3.8) is 0 Å². The zero-order chi connectivity index (χ0) is 13.3. The SMILES string of the molecule is CCCN1C(=O)N(CCC)C2C1N=C([Se])N2CC. The van der Waals surface area contributed by atoms with Crippen molar-refractivity contribution in [1.29, 1.82) is 0 Å². The molecule has 2 heterocycles. The summed E-state index contributed by atoms with van der Waals surface area (Å²) in [7, 11) is 0. The predicted molar refractivity (Wildman–Crippen MR) is 72.5 cm³/mol. The molecule has 0 N–H and O–H groups in total. The van der Waals surface area contributed by atoms with E-state index in [-0.39, 0.29) is 18.4 Å². The number of likely N-dealkylation sites (N-methyl/N-ethyl adjacent to an activating group) is 1. The summed E-state index contributed by atoms with van der Waals surface area (Å²) < 4.78 is 0.933. The van der Waals surface area contributed by atoms with Gasteiger partial charge in [0.15, 0.2) is 0 Å². The van der Waals surface area contributed by atoms with Crippen LogP contribution in [0.25, 0.3) is 0 Å². The first-order valence-electron chi connectivity index (χ1n) is 6.74. The molecular weight excluding hydrogens is 295 g/mol. The second kappa shape index (κ2) is 5.49. The van der Waals surface area contributed by atoms with Gasteiger partial charge in [0.25, 0.3) is 0 Å². The van der Waals surface area contributed by atoms with Gasteiger partial charge in [-0.25, -0.2) is 0 Å². The standard InChI is InChI=1S/C12H21N4OSe/c1-4-7-15-9-10(14(6-3)11(18)13-9)16(8-5-2)12(15)17/h9-10H,4-8H2,1-3H3. The van der Waals surface area contributed by atoms with E-state index in [1.165, 1.54) is 0 Å². The maximum atomic E-state index is 12.4. The fraction of sp³-hybridized carbons (Fsp3) is 0.833. The molecule has 18 heavy (non-hydrogen) atoms. The maximum absolute atomic E-state index is 12.4. The summed E-state index contributed by atoms with van der Waals surface area (Å²) in [4.78, 5) is 23.1. The van der Waals surface area contributed by atoms with Crippen LogP contribution >= 0.6 is 0 Å². The molecule has 0 aromatic carbocycles. The fourth-order valence-corrected chi connectivity index (χ4v) is 3.46. The van der Waals surface area contributed by atoms with Gasteiger partial charge in [0, 0.05) is 0 Å². The number of fused-ring (bicyclic) bond motifs is 1. The van der Waals surface area contributed by atoms with Gasteiger partial charge in [-0.15, -0.1) is 0 Å². The van der Waals surface area contributed by atoms with Crippen LogP contribution in [-0.2, 0) is 0 Å². The summed E-state index contributed by atoms with van der Waals surface area (Å²) in [5.74, 6) is 0. The Hall–Kier alpha value is -0.741. The van der Waals surface area contributed by atoms with E-state index in [0.29, 0.717) is 0 Å². The predicted octanol–water partition coefficient (Wildman–Crippen LogP) is 1.06. The van der Waals surface area contributed by atoms with Crippen molar-refractivity contribution in [2.24, 2.45) is 4.99 Å². The summed E-state index contributed by atoms with van der Waals surface area (Å²) in [5.41, 5.74) is 0. The Morgan fingerprint density at radius 1 is 1.11 bits per heavy atom. The van der Waals surface area contributed by atoms with Crippen LogP contribution in [0.1, 0.15) is 33.6 Å². The average Bonchev–Trinajstić information content (AvgIpc) is 2.79. The first-order valence-corrected chi connectivity index (χ1v) is 7.60. The Morgan fingerprint density at radius 2 is 1.72 bits per heavy atom. The minimum absolute atomic E-state index is 0.0276. The molecule has 2 aliphatic rings. The molecule has 1 fully saturated rings. The van der Waals surface area contributed by atoms with Crippen molar-refractivity contribution >= 4 is 26.8 Å². The topological polar surface area (TPSA) is 39.2 Å². The Bertz CT molecular complexity index is 360. The first-order chi connectivity index (χ1) is 8.65. The Balaban J connectivity index is 2.27. The number of carbonyl (C=O) groups excluding carboxylic acids is 1. The number of amides is 2. The first kappa shape index (κ1) is 13.7. The summed E-state index contributed by atoms with van der Waals surface area (Å²) in [6, 6.07) is 0.142. The number of amidine groups is 1. The monoisotopic (exact) mass is 317 g/mol. The molecule has 2 unspecified atom stereocenters. The number of aliphatic imine (C=N–C) groups is 1. The van der Waals surface area contributed by atoms with Gasteiger partial charge in [0.1, 0.15) is 0 Å². The quantitative estimate of drug-likeness (QED) is 0.712. The normalized spacial score (nSPS) is 26.9. The molecule has 2 aliphatic heterocycles. The Labute approximate surface area is 117 Å². The molecule has 2 atom stereocenters. The van der Waals surface area contributed by atoms with Crippen LogP contribution in [0.2, 0.25) is 0 Å². The zero-order valence-corrected chi connectivity index (χ0v) is 13.0. The summed E-state index contributed by atoms with van der Waals surface area (Å²) in [6.07, 6.45) is 2.01. The van der Waals surface area contributed by atoms with Gasteiger partial charge in [-0.05, 0) is 0 Å². The summed E-state index contributed by atoms with van der Waals surface area (Å²) in [5, 5.41) is 0. The summed E-state index contributed by atoms with van der Waals surface area (Å²) >= 11 is 3.02. The van der Waals surface area contributed by atoms with E-state index in [9.17, 15) is 4.79 Å². The van der Waals surface area contributed by atoms with Crippen LogP contribution in [-0.4, -0.2) is 73.4 Å². The molecule has 2 amide bonds. The molecular formula is C12H21N4OSe. The number of nitrogens with zero attached hydrogens (tertiary/aromatic N) is 4. The van der Waals surface area contributed by atoms with Gasteiger partial charge in [-0.3, -0.25) is 0 Å². The molecule has 0 saturated carbocycles. The third kappa shape index (κ3) is 2.01. The van der Waals surface area contributed by atoms with Crippen molar-refractivity contribution < 1.29 is 4.79 Å². The van der Waals surface area contributed by atoms with Crippen molar-refractivity contribution in [1.82, 2.24) is 14.7 Å². The number of urea groups is 1. The molecule has 6 heteroatoms. The second-order valence-electron chi connectivity index (χ2n) is 4.69. The molecule has 101 valence electrons. The van der Waals surface area contributed by atoms with Gasteiger partial charge in [0.2, 0.25) is 0 Å². The molecule has 0 aromatic rings. The zero-order valence-electron chi connectivity index (χ0n) is 11.3. The van der Waals surface area contributed by atoms with Crippen molar-refractivity contribution in [3.05, 3.63) is 0 Å². The van der Waals surface area contributed by atoms with E-state index in [1.54, 1.807) is 0 Å². The van der Waals surface area contributed by atoms with E-state index in [1.807, 2.05) is 9.80 Å². The van der Waals surface area contributed by atoms with E-state index in [2.05, 4.69) is 46.7 Å². The van der Waals surface area contributed by atoms with Crippen LogP contribution in [0.5, 0.6) is 0 Å².